The molecule has 0 saturated carbocycles. The maximum atomic E-state index is 3.41. The van der Waals surface area contributed by atoms with Crippen LogP contribution in [0.5, 0.6) is 0 Å². The van der Waals surface area contributed by atoms with Gasteiger partial charge in [0.2, 0.25) is 0 Å². The van der Waals surface area contributed by atoms with E-state index >= 15 is 0 Å². The van der Waals surface area contributed by atoms with Gasteiger partial charge in [-0.05, 0) is 20.3 Å². The number of aromatic amines is 1. The van der Waals surface area contributed by atoms with E-state index < -0.39 is 0 Å². The SMILES string of the molecule is CC=C(C)CCc1c[n+]2ccsc2[nH]1. The highest BCUT2D eigenvalue weighted by molar-refractivity contribution is 7.14. The molecule has 3 heteroatoms. The van der Waals surface area contributed by atoms with Crippen LogP contribution in [0.15, 0.2) is 29.4 Å². The molecular formula is C11H15N2S+. The first-order valence-corrected chi connectivity index (χ1v) is 5.75. The van der Waals surface area contributed by atoms with Gasteiger partial charge in [-0.15, -0.1) is 0 Å². The number of allylic oxidation sites excluding steroid dienone is 2. The van der Waals surface area contributed by atoms with Gasteiger partial charge in [0.05, 0.1) is 0 Å². The van der Waals surface area contributed by atoms with Gasteiger partial charge in [0.1, 0.15) is 18.1 Å². The molecular weight excluding hydrogens is 192 g/mol. The summed E-state index contributed by atoms with van der Waals surface area (Å²) in [5, 5.41) is 2.09. The van der Waals surface area contributed by atoms with Crippen molar-refractivity contribution in [1.29, 1.82) is 0 Å². The van der Waals surface area contributed by atoms with Crippen molar-refractivity contribution in [3.8, 4) is 0 Å². The van der Waals surface area contributed by atoms with E-state index in [1.165, 1.54) is 16.2 Å². The number of hydrogen-bond acceptors (Lipinski definition) is 1. The zero-order valence-corrected chi connectivity index (χ0v) is 9.40. The van der Waals surface area contributed by atoms with E-state index in [2.05, 4.69) is 47.1 Å². The first-order valence-electron chi connectivity index (χ1n) is 4.87. The number of rotatable bonds is 3. The van der Waals surface area contributed by atoms with E-state index in [4.69, 9.17) is 0 Å². The molecule has 2 rings (SSSR count). The van der Waals surface area contributed by atoms with Gasteiger partial charge in [0.15, 0.2) is 0 Å². The maximum Gasteiger partial charge on any atom is 0.343 e. The predicted molar refractivity (Wildman–Crippen MR) is 59.6 cm³/mol. The molecule has 2 aromatic rings. The summed E-state index contributed by atoms with van der Waals surface area (Å²) >= 11 is 1.74. The molecule has 0 aromatic carbocycles. The van der Waals surface area contributed by atoms with Crippen LogP contribution in [0.4, 0.5) is 0 Å². The van der Waals surface area contributed by atoms with Gasteiger partial charge in [-0.2, -0.15) is 4.40 Å². The number of nitrogens with zero attached hydrogens (tertiary/aromatic N) is 1. The molecule has 1 N–H and O–H groups in total. The van der Waals surface area contributed by atoms with Gasteiger partial charge in [-0.1, -0.05) is 23.0 Å². The van der Waals surface area contributed by atoms with Crippen molar-refractivity contribution in [1.82, 2.24) is 4.98 Å². The van der Waals surface area contributed by atoms with Crippen molar-refractivity contribution < 1.29 is 4.40 Å². The van der Waals surface area contributed by atoms with Crippen LogP contribution in [0.25, 0.3) is 4.96 Å². The molecule has 0 amide bonds. The number of thiazole rings is 1. The van der Waals surface area contributed by atoms with Crippen LogP contribution in [0.1, 0.15) is 26.0 Å². The standard InChI is InChI=1S/C11H14N2S/c1-3-9(2)4-5-10-8-13-6-7-14-11(13)12-10/h3,6-8H,4-5H2,1-2H3/p+1. The topological polar surface area (TPSA) is 19.9 Å². The van der Waals surface area contributed by atoms with Gasteiger partial charge >= 0.3 is 4.96 Å². The fourth-order valence-corrected chi connectivity index (χ4v) is 2.17. The Morgan fingerprint density at radius 3 is 3.21 bits per heavy atom. The fraction of sp³-hybridized carbons (Fsp3) is 0.364. The summed E-state index contributed by atoms with van der Waals surface area (Å²) < 4.78 is 2.14. The molecule has 14 heavy (non-hydrogen) atoms. The van der Waals surface area contributed by atoms with Gasteiger partial charge in [-0.3, -0.25) is 0 Å². The minimum Gasteiger partial charge on any atom is -0.231 e. The van der Waals surface area contributed by atoms with E-state index in [0.717, 1.165) is 12.8 Å². The molecule has 2 nitrogen and oxygen atoms in total. The number of H-pyrrole nitrogens is 1. The minimum atomic E-state index is 1.10. The van der Waals surface area contributed by atoms with Gasteiger partial charge in [0, 0.05) is 11.8 Å². The molecule has 0 spiro atoms. The molecule has 0 unspecified atom stereocenters. The quantitative estimate of drug-likeness (QED) is 0.590. The second-order valence-corrected chi connectivity index (χ2v) is 4.42. The number of imidazole rings is 1. The van der Waals surface area contributed by atoms with Gasteiger partial charge < -0.3 is 0 Å². The molecule has 0 aliphatic rings. The lowest BCUT2D eigenvalue weighted by atomic mass is 10.1. The Kier molecular flexibility index (Phi) is 2.68. The Morgan fingerprint density at radius 2 is 2.50 bits per heavy atom. The van der Waals surface area contributed by atoms with Crippen molar-refractivity contribution in [2.24, 2.45) is 0 Å². The predicted octanol–water partition coefficient (Wildman–Crippen LogP) is 2.71. The highest BCUT2D eigenvalue weighted by atomic mass is 32.1. The van der Waals surface area contributed by atoms with Crippen LogP contribution >= 0.6 is 11.3 Å². The maximum absolute atomic E-state index is 3.41. The zero-order chi connectivity index (χ0) is 9.97. The average molecular weight is 207 g/mol. The summed E-state index contributed by atoms with van der Waals surface area (Å²) in [4.78, 5) is 4.63. The monoisotopic (exact) mass is 207 g/mol. The van der Waals surface area contributed by atoms with Crippen molar-refractivity contribution in [2.45, 2.75) is 26.7 Å². The number of fused-ring (bicyclic) bond motifs is 1. The van der Waals surface area contributed by atoms with Crippen molar-refractivity contribution >= 4 is 16.3 Å². The fourth-order valence-electron chi connectivity index (χ4n) is 1.43. The molecule has 0 saturated heterocycles. The third-order valence-corrected chi connectivity index (χ3v) is 3.27. The third-order valence-electron chi connectivity index (χ3n) is 2.48. The van der Waals surface area contributed by atoms with E-state index in [1.807, 2.05) is 0 Å². The van der Waals surface area contributed by atoms with Crippen molar-refractivity contribution in [2.75, 3.05) is 0 Å². The Balaban J connectivity index is 2.08. The van der Waals surface area contributed by atoms with E-state index in [-0.39, 0.29) is 0 Å². The van der Waals surface area contributed by atoms with Crippen LogP contribution in [-0.4, -0.2) is 4.98 Å². The van der Waals surface area contributed by atoms with E-state index in [1.54, 1.807) is 11.3 Å². The molecule has 0 radical (unpaired) electrons. The molecule has 74 valence electrons. The number of aromatic nitrogens is 2. The molecule has 2 aromatic heterocycles. The van der Waals surface area contributed by atoms with Crippen LogP contribution in [0, 0.1) is 0 Å². The van der Waals surface area contributed by atoms with Gasteiger partial charge in [-0.25, -0.2) is 4.98 Å². The first kappa shape index (κ1) is 9.46. The number of aryl methyl sites for hydroxylation is 1. The zero-order valence-electron chi connectivity index (χ0n) is 8.58. The summed E-state index contributed by atoms with van der Waals surface area (Å²) in [7, 11) is 0. The Morgan fingerprint density at radius 1 is 1.64 bits per heavy atom. The van der Waals surface area contributed by atoms with Crippen LogP contribution in [0.2, 0.25) is 0 Å². The molecule has 0 aliphatic heterocycles. The second kappa shape index (κ2) is 3.96. The Hall–Kier alpha value is -1.09. The summed E-state index contributed by atoms with van der Waals surface area (Å²) in [5.74, 6) is 0. The van der Waals surface area contributed by atoms with E-state index in [0.29, 0.717) is 0 Å². The molecule has 0 bridgehead atoms. The second-order valence-electron chi connectivity index (χ2n) is 3.53. The summed E-state index contributed by atoms with van der Waals surface area (Å²) in [5.41, 5.74) is 2.77. The highest BCUT2D eigenvalue weighted by Crippen LogP contribution is 2.09. The third kappa shape index (κ3) is 1.87. The highest BCUT2D eigenvalue weighted by Gasteiger charge is 2.08. The van der Waals surface area contributed by atoms with Crippen LogP contribution in [0.3, 0.4) is 0 Å². The summed E-state index contributed by atoms with van der Waals surface area (Å²) in [6.07, 6.45) is 8.69. The Bertz CT molecular complexity index is 422. The summed E-state index contributed by atoms with van der Waals surface area (Å²) in [6, 6.07) is 0. The largest absolute Gasteiger partial charge is 0.343 e. The minimum absolute atomic E-state index is 1.10. The lowest BCUT2D eigenvalue weighted by Crippen LogP contribution is -2.12. The smallest absolute Gasteiger partial charge is 0.231 e. The molecule has 0 aliphatic carbocycles. The number of nitrogens with one attached hydrogen (secondary N) is 1. The lowest BCUT2D eigenvalue weighted by Gasteiger charge is -1.94. The van der Waals surface area contributed by atoms with Crippen LogP contribution < -0.4 is 4.40 Å². The summed E-state index contributed by atoms with van der Waals surface area (Å²) in [6.45, 7) is 4.27. The first-order chi connectivity index (χ1) is 6.79. The van der Waals surface area contributed by atoms with Crippen LogP contribution in [-0.2, 0) is 6.42 Å². The van der Waals surface area contributed by atoms with Crippen molar-refractivity contribution in [3.05, 3.63) is 35.1 Å². The Labute approximate surface area is 87.9 Å². The molecule has 0 fully saturated rings. The van der Waals surface area contributed by atoms with Crippen molar-refractivity contribution in [3.63, 3.8) is 0 Å². The normalized spacial score (nSPS) is 12.6. The molecule has 2 heterocycles. The van der Waals surface area contributed by atoms with Gasteiger partial charge in [0.25, 0.3) is 0 Å². The lowest BCUT2D eigenvalue weighted by molar-refractivity contribution is -0.505. The number of hydrogen-bond donors (Lipinski definition) is 1. The average Bonchev–Trinajstić information content (AvgIpc) is 2.73. The van der Waals surface area contributed by atoms with E-state index in [9.17, 15) is 0 Å². The molecule has 0 atom stereocenters.